The second kappa shape index (κ2) is 10.1. The standard InChI is InChI=1S/C25H20F6N6O/c1-4-16(11-19(32-2)22-33-13-21(36-22)25(29,30)31)38-17-9-10-20-18(12-17)35-23(37(20)3)34-15-7-5-14(6-8-15)24(26,27)28/h4-13H,2H2,1,3H3,(H,33,36)(H,34,35)/b16-4+,19-11-. The molecule has 13 heteroatoms. The molecule has 0 fully saturated rings. The summed E-state index contributed by atoms with van der Waals surface area (Å²) in [5, 5.41) is 2.99. The van der Waals surface area contributed by atoms with Crippen molar-refractivity contribution in [1.29, 1.82) is 0 Å². The second-order valence-electron chi connectivity index (χ2n) is 7.97. The van der Waals surface area contributed by atoms with E-state index < -0.39 is 23.6 Å². The van der Waals surface area contributed by atoms with Crippen LogP contribution in [0.5, 0.6) is 5.75 Å². The molecule has 2 N–H and O–H groups in total. The average molecular weight is 534 g/mol. The van der Waals surface area contributed by atoms with Crippen molar-refractivity contribution >= 4 is 35.1 Å². The van der Waals surface area contributed by atoms with Crippen molar-refractivity contribution in [1.82, 2.24) is 19.5 Å². The van der Waals surface area contributed by atoms with E-state index in [9.17, 15) is 26.3 Å². The SMILES string of the molecule is C=N/C(=C\C(=C/C)Oc1ccc2c(c1)nc(Nc1ccc(C(F)(F)F)cc1)n2C)c1ncc(C(F)(F)F)[nH]1. The normalized spacial score (nSPS) is 13.2. The van der Waals surface area contributed by atoms with Crippen LogP contribution in [0, 0.1) is 0 Å². The zero-order valence-electron chi connectivity index (χ0n) is 19.9. The van der Waals surface area contributed by atoms with E-state index in [0.29, 0.717) is 34.6 Å². The third-order valence-corrected chi connectivity index (χ3v) is 5.41. The monoisotopic (exact) mass is 534 g/mol. The minimum atomic E-state index is -4.59. The van der Waals surface area contributed by atoms with Gasteiger partial charge in [0.25, 0.3) is 0 Å². The highest BCUT2D eigenvalue weighted by molar-refractivity contribution is 5.81. The van der Waals surface area contributed by atoms with Crippen molar-refractivity contribution in [3.05, 3.63) is 83.7 Å². The van der Waals surface area contributed by atoms with Crippen molar-refractivity contribution in [3.63, 3.8) is 0 Å². The van der Waals surface area contributed by atoms with E-state index in [2.05, 4.69) is 32.0 Å². The summed E-state index contributed by atoms with van der Waals surface area (Å²) in [5.74, 6) is 0.893. The van der Waals surface area contributed by atoms with Crippen LogP contribution in [0.25, 0.3) is 16.7 Å². The fourth-order valence-corrected chi connectivity index (χ4v) is 3.45. The summed E-state index contributed by atoms with van der Waals surface area (Å²) in [5.41, 5.74) is -0.0757. The lowest BCUT2D eigenvalue weighted by Gasteiger charge is -2.09. The smallest absolute Gasteiger partial charge is 0.432 e. The number of hydrogen-bond acceptors (Lipinski definition) is 5. The Morgan fingerprint density at radius 1 is 1.08 bits per heavy atom. The fourth-order valence-electron chi connectivity index (χ4n) is 3.45. The van der Waals surface area contributed by atoms with Crippen LogP contribution in [-0.4, -0.2) is 26.2 Å². The molecule has 2 aromatic heterocycles. The highest BCUT2D eigenvalue weighted by Crippen LogP contribution is 2.32. The van der Waals surface area contributed by atoms with Gasteiger partial charge in [-0.2, -0.15) is 26.3 Å². The van der Waals surface area contributed by atoms with Crippen LogP contribution in [0.3, 0.4) is 0 Å². The Morgan fingerprint density at radius 3 is 2.37 bits per heavy atom. The maximum absolute atomic E-state index is 12.9. The number of benzene rings is 2. The van der Waals surface area contributed by atoms with Crippen LogP contribution in [0.1, 0.15) is 24.0 Å². The molecule has 198 valence electrons. The Balaban J connectivity index is 1.55. The highest BCUT2D eigenvalue weighted by Gasteiger charge is 2.33. The van der Waals surface area contributed by atoms with E-state index >= 15 is 0 Å². The third-order valence-electron chi connectivity index (χ3n) is 5.41. The summed E-state index contributed by atoms with van der Waals surface area (Å²) in [6, 6.07) is 9.61. The lowest BCUT2D eigenvalue weighted by Crippen LogP contribution is -2.05. The number of hydrogen-bond donors (Lipinski definition) is 2. The van der Waals surface area contributed by atoms with Crippen LogP contribution in [0.4, 0.5) is 38.0 Å². The Kier molecular flexibility index (Phi) is 7.03. The summed E-state index contributed by atoms with van der Waals surface area (Å²) in [6.45, 7) is 5.06. The lowest BCUT2D eigenvalue weighted by atomic mass is 10.2. The number of H-pyrrole nitrogens is 1. The molecule has 0 saturated carbocycles. The van der Waals surface area contributed by atoms with Gasteiger partial charge in [-0.05, 0) is 56.1 Å². The Hall–Kier alpha value is -4.55. The number of aliphatic imine (C=N–C) groups is 1. The zero-order valence-corrected chi connectivity index (χ0v) is 19.9. The molecule has 0 aliphatic carbocycles. The van der Waals surface area contributed by atoms with Gasteiger partial charge in [0.2, 0.25) is 5.95 Å². The van der Waals surface area contributed by atoms with Crippen molar-refractivity contribution in [2.24, 2.45) is 12.0 Å². The van der Waals surface area contributed by atoms with Gasteiger partial charge < -0.3 is 19.6 Å². The number of nitrogens with one attached hydrogen (secondary N) is 2. The molecule has 4 aromatic rings. The molecule has 7 nitrogen and oxygen atoms in total. The predicted molar refractivity (Wildman–Crippen MR) is 131 cm³/mol. The molecule has 0 aliphatic heterocycles. The van der Waals surface area contributed by atoms with Crippen LogP contribution in [-0.2, 0) is 19.4 Å². The number of aromatic nitrogens is 4. The van der Waals surface area contributed by atoms with Gasteiger partial charge in [-0.1, -0.05) is 0 Å². The number of fused-ring (bicyclic) bond motifs is 1. The minimum Gasteiger partial charge on any atom is -0.458 e. The molecule has 0 radical (unpaired) electrons. The molecule has 0 bridgehead atoms. The molecule has 2 aromatic carbocycles. The van der Waals surface area contributed by atoms with Crippen molar-refractivity contribution in [2.75, 3.05) is 5.32 Å². The summed E-state index contributed by atoms with van der Waals surface area (Å²) < 4.78 is 84.7. The predicted octanol–water partition coefficient (Wildman–Crippen LogP) is 7.10. The number of ether oxygens (including phenoxy) is 1. The average Bonchev–Trinajstić information content (AvgIpc) is 3.47. The first-order chi connectivity index (χ1) is 17.9. The largest absolute Gasteiger partial charge is 0.458 e. The van der Waals surface area contributed by atoms with E-state index in [1.165, 1.54) is 18.2 Å². The number of rotatable bonds is 7. The van der Waals surface area contributed by atoms with E-state index in [1.54, 1.807) is 42.8 Å². The Labute approximate surface area is 212 Å². The number of anilines is 2. The summed E-state index contributed by atoms with van der Waals surface area (Å²) in [6.07, 6.45) is -5.39. The zero-order chi connectivity index (χ0) is 27.7. The molecular weight excluding hydrogens is 514 g/mol. The first-order valence-corrected chi connectivity index (χ1v) is 10.9. The maximum atomic E-state index is 12.9. The third kappa shape index (κ3) is 5.71. The number of alkyl halides is 6. The van der Waals surface area contributed by atoms with Gasteiger partial charge in [0.15, 0.2) is 5.82 Å². The number of nitrogens with zero attached hydrogens (tertiary/aromatic N) is 4. The molecule has 0 atom stereocenters. The summed E-state index contributed by atoms with van der Waals surface area (Å²) in [4.78, 5) is 14.1. The lowest BCUT2D eigenvalue weighted by molar-refractivity contribution is -0.141. The molecule has 0 spiro atoms. The Bertz CT molecular complexity index is 1530. The first kappa shape index (κ1) is 26.5. The van der Waals surface area contributed by atoms with E-state index in [4.69, 9.17) is 4.74 Å². The Morgan fingerprint density at radius 2 is 1.79 bits per heavy atom. The van der Waals surface area contributed by atoms with E-state index in [1.807, 2.05) is 0 Å². The van der Waals surface area contributed by atoms with Crippen LogP contribution in [0.15, 0.2) is 71.6 Å². The molecule has 0 unspecified atom stereocenters. The molecular formula is C25H20F6N6O. The van der Waals surface area contributed by atoms with Gasteiger partial charge in [-0.25, -0.2) is 9.97 Å². The molecule has 4 rings (SSSR count). The number of halogens is 6. The van der Waals surface area contributed by atoms with E-state index in [-0.39, 0.29) is 17.3 Å². The number of aryl methyl sites for hydroxylation is 1. The fraction of sp³-hybridized carbons (Fsp3) is 0.160. The van der Waals surface area contributed by atoms with Crippen LogP contribution in [0.2, 0.25) is 0 Å². The van der Waals surface area contributed by atoms with Gasteiger partial charge >= 0.3 is 12.4 Å². The van der Waals surface area contributed by atoms with Gasteiger partial charge in [0, 0.05) is 24.9 Å². The molecule has 38 heavy (non-hydrogen) atoms. The number of aromatic amines is 1. The summed E-state index contributed by atoms with van der Waals surface area (Å²) in [7, 11) is 1.74. The highest BCUT2D eigenvalue weighted by atomic mass is 19.4. The second-order valence-corrected chi connectivity index (χ2v) is 7.97. The quantitative estimate of drug-likeness (QED) is 0.115. The van der Waals surface area contributed by atoms with Crippen molar-refractivity contribution in [2.45, 2.75) is 19.3 Å². The van der Waals surface area contributed by atoms with Crippen molar-refractivity contribution < 1.29 is 31.1 Å². The number of allylic oxidation sites excluding steroid dienone is 2. The molecule has 0 saturated heterocycles. The topological polar surface area (TPSA) is 80.1 Å². The van der Waals surface area contributed by atoms with Gasteiger partial charge in [-0.3, -0.25) is 4.99 Å². The molecule has 2 heterocycles. The summed E-state index contributed by atoms with van der Waals surface area (Å²) >= 11 is 0. The van der Waals surface area contributed by atoms with Gasteiger partial charge in [0.05, 0.1) is 22.8 Å². The molecule has 0 aliphatic rings. The van der Waals surface area contributed by atoms with Gasteiger partial charge in [0.1, 0.15) is 22.9 Å². The minimum absolute atomic E-state index is 0.0375. The van der Waals surface area contributed by atoms with Gasteiger partial charge in [-0.15, -0.1) is 0 Å². The first-order valence-electron chi connectivity index (χ1n) is 10.9. The van der Waals surface area contributed by atoms with Crippen LogP contribution < -0.4 is 10.1 Å². The van der Waals surface area contributed by atoms with E-state index in [0.717, 1.165) is 12.1 Å². The van der Waals surface area contributed by atoms with Crippen LogP contribution >= 0.6 is 0 Å². The van der Waals surface area contributed by atoms with Crippen molar-refractivity contribution in [3.8, 4) is 5.75 Å². The molecule has 0 amide bonds. The number of imidazole rings is 2. The maximum Gasteiger partial charge on any atom is 0.432 e.